The number of hydrogen-bond donors (Lipinski definition) is 1. The third-order valence-electron chi connectivity index (χ3n) is 5.90. The fourth-order valence-electron chi connectivity index (χ4n) is 3.87. The monoisotopic (exact) mass is 393 g/mol. The van der Waals surface area contributed by atoms with Gasteiger partial charge >= 0.3 is 0 Å². The van der Waals surface area contributed by atoms with Gasteiger partial charge in [0.25, 0.3) is 0 Å². The molecule has 0 spiro atoms. The lowest BCUT2D eigenvalue weighted by molar-refractivity contribution is -0.136. The fourth-order valence-corrected chi connectivity index (χ4v) is 3.87. The van der Waals surface area contributed by atoms with Crippen molar-refractivity contribution in [2.45, 2.75) is 64.8 Å². The van der Waals surface area contributed by atoms with E-state index in [1.807, 2.05) is 16.5 Å². The number of aliphatic hydroxyl groups is 1. The number of hydrogen-bond acceptors (Lipinski definition) is 6. The molecule has 0 radical (unpaired) electrons. The molecule has 1 aliphatic carbocycles. The fraction of sp³-hybridized carbons (Fsp3) is 0.850. The molecule has 8 nitrogen and oxygen atoms in total. The second-order valence-corrected chi connectivity index (χ2v) is 8.62. The number of rotatable bonds is 6. The van der Waals surface area contributed by atoms with Crippen molar-refractivity contribution in [3.63, 3.8) is 0 Å². The van der Waals surface area contributed by atoms with Crippen LogP contribution in [0.25, 0.3) is 0 Å². The van der Waals surface area contributed by atoms with Crippen LogP contribution in [-0.2, 0) is 22.7 Å². The smallest absolute Gasteiger partial charge is 0.222 e. The van der Waals surface area contributed by atoms with E-state index in [2.05, 4.69) is 29.2 Å². The summed E-state index contributed by atoms with van der Waals surface area (Å²) in [6, 6.07) is -0.190. The van der Waals surface area contributed by atoms with Gasteiger partial charge in [0.05, 0.1) is 37.3 Å². The van der Waals surface area contributed by atoms with E-state index in [9.17, 15) is 9.90 Å². The predicted octanol–water partition coefficient (Wildman–Crippen LogP) is 1.14. The Kier molecular flexibility index (Phi) is 7.42. The summed E-state index contributed by atoms with van der Waals surface area (Å²) >= 11 is 0. The van der Waals surface area contributed by atoms with Crippen molar-refractivity contribution in [1.29, 1.82) is 0 Å². The van der Waals surface area contributed by atoms with E-state index in [0.717, 1.165) is 24.7 Å². The van der Waals surface area contributed by atoms with Crippen LogP contribution in [0.4, 0.5) is 0 Å². The SMILES string of the molecule is C[C@H]1CN([C@@H](C)CO)C(=O)CCCn2nncc2CO[C@@H]1CN(C)CC1CC1. The van der Waals surface area contributed by atoms with Gasteiger partial charge in [-0.15, -0.1) is 5.10 Å². The third kappa shape index (κ3) is 5.75. The van der Waals surface area contributed by atoms with Crippen LogP contribution >= 0.6 is 0 Å². The van der Waals surface area contributed by atoms with Gasteiger partial charge in [-0.1, -0.05) is 12.1 Å². The maximum absolute atomic E-state index is 12.8. The molecule has 0 bridgehead atoms. The van der Waals surface area contributed by atoms with Gasteiger partial charge in [-0.3, -0.25) is 4.79 Å². The van der Waals surface area contributed by atoms with Crippen LogP contribution in [0.2, 0.25) is 0 Å². The molecule has 0 saturated heterocycles. The highest BCUT2D eigenvalue weighted by molar-refractivity contribution is 5.76. The third-order valence-corrected chi connectivity index (χ3v) is 5.90. The first-order chi connectivity index (χ1) is 13.5. The van der Waals surface area contributed by atoms with Gasteiger partial charge in [-0.2, -0.15) is 0 Å². The minimum atomic E-state index is -0.190. The lowest BCUT2D eigenvalue weighted by Crippen LogP contribution is -2.47. The average Bonchev–Trinajstić information content (AvgIpc) is 3.37. The molecule has 2 heterocycles. The van der Waals surface area contributed by atoms with Crippen LogP contribution in [0.15, 0.2) is 6.20 Å². The van der Waals surface area contributed by atoms with Crippen LogP contribution in [0.1, 0.15) is 45.2 Å². The molecule has 0 unspecified atom stereocenters. The topological polar surface area (TPSA) is 83.7 Å². The molecule has 1 aromatic heterocycles. The Hall–Kier alpha value is -1.51. The van der Waals surface area contributed by atoms with Gasteiger partial charge in [0.15, 0.2) is 0 Å². The molecule has 8 heteroatoms. The molecule has 3 atom stereocenters. The quantitative estimate of drug-likeness (QED) is 0.780. The Morgan fingerprint density at radius 2 is 2.18 bits per heavy atom. The zero-order valence-corrected chi connectivity index (χ0v) is 17.5. The van der Waals surface area contributed by atoms with E-state index >= 15 is 0 Å². The minimum Gasteiger partial charge on any atom is -0.394 e. The highest BCUT2D eigenvalue weighted by atomic mass is 16.5. The molecule has 0 aromatic carbocycles. The number of carbonyl (C=O) groups is 1. The Labute approximate surface area is 167 Å². The van der Waals surface area contributed by atoms with Crippen LogP contribution in [0.3, 0.4) is 0 Å². The molecule has 1 saturated carbocycles. The summed E-state index contributed by atoms with van der Waals surface area (Å²) in [6.07, 6.45) is 5.55. The number of aryl methyl sites for hydroxylation is 1. The van der Waals surface area contributed by atoms with Crippen LogP contribution in [0, 0.1) is 11.8 Å². The lowest BCUT2D eigenvalue weighted by Gasteiger charge is -2.35. The second kappa shape index (κ2) is 9.80. The second-order valence-electron chi connectivity index (χ2n) is 8.62. The summed E-state index contributed by atoms with van der Waals surface area (Å²) in [4.78, 5) is 17.0. The van der Waals surface area contributed by atoms with Crippen molar-refractivity contribution in [1.82, 2.24) is 24.8 Å². The largest absolute Gasteiger partial charge is 0.394 e. The summed E-state index contributed by atoms with van der Waals surface area (Å²) in [5.41, 5.74) is 0.954. The van der Waals surface area contributed by atoms with Gasteiger partial charge in [0.1, 0.15) is 0 Å². The highest BCUT2D eigenvalue weighted by Crippen LogP contribution is 2.29. The van der Waals surface area contributed by atoms with E-state index in [1.165, 1.54) is 12.8 Å². The van der Waals surface area contributed by atoms with Crippen molar-refractivity contribution in [2.75, 3.05) is 33.3 Å². The van der Waals surface area contributed by atoms with E-state index < -0.39 is 0 Å². The van der Waals surface area contributed by atoms with Crippen molar-refractivity contribution in [2.24, 2.45) is 11.8 Å². The maximum atomic E-state index is 12.8. The van der Waals surface area contributed by atoms with Crippen LogP contribution < -0.4 is 0 Å². The predicted molar refractivity (Wildman–Crippen MR) is 105 cm³/mol. The van der Waals surface area contributed by atoms with Gasteiger partial charge in [0.2, 0.25) is 5.91 Å². The van der Waals surface area contributed by atoms with E-state index in [4.69, 9.17) is 4.74 Å². The van der Waals surface area contributed by atoms with Crippen molar-refractivity contribution in [3.05, 3.63) is 11.9 Å². The first-order valence-corrected chi connectivity index (χ1v) is 10.6. The number of likely N-dealkylation sites (N-methyl/N-ethyl adjacent to an activating group) is 1. The number of nitrogens with zero attached hydrogens (tertiary/aromatic N) is 5. The molecule has 1 aliphatic heterocycles. The zero-order valence-electron chi connectivity index (χ0n) is 17.5. The lowest BCUT2D eigenvalue weighted by atomic mass is 10.0. The summed E-state index contributed by atoms with van der Waals surface area (Å²) < 4.78 is 8.18. The highest BCUT2D eigenvalue weighted by Gasteiger charge is 2.29. The molecule has 1 aromatic rings. The molecule has 1 amide bonds. The first-order valence-electron chi connectivity index (χ1n) is 10.6. The number of ether oxygens (including phenoxy) is 1. The van der Waals surface area contributed by atoms with Crippen LogP contribution in [-0.4, -0.2) is 81.2 Å². The number of carbonyl (C=O) groups excluding carboxylic acids is 1. The first kappa shape index (κ1) is 21.2. The van der Waals surface area contributed by atoms with E-state index in [1.54, 1.807) is 6.20 Å². The van der Waals surface area contributed by atoms with Gasteiger partial charge < -0.3 is 19.6 Å². The normalized spacial score (nSPS) is 25.9. The summed E-state index contributed by atoms with van der Waals surface area (Å²) in [5.74, 6) is 1.06. The Bertz CT molecular complexity index is 633. The summed E-state index contributed by atoms with van der Waals surface area (Å²) in [6.45, 7) is 7.66. The van der Waals surface area contributed by atoms with Crippen LogP contribution in [0.5, 0.6) is 0 Å². The number of aliphatic hydroxyl groups excluding tert-OH is 1. The minimum absolute atomic E-state index is 0.00674. The molecule has 1 fully saturated rings. The van der Waals surface area contributed by atoms with Crippen molar-refractivity contribution in [3.8, 4) is 0 Å². The Morgan fingerprint density at radius 1 is 1.39 bits per heavy atom. The number of aromatic nitrogens is 3. The average molecular weight is 394 g/mol. The zero-order chi connectivity index (χ0) is 20.1. The molecule has 3 rings (SSSR count). The number of amides is 1. The van der Waals surface area contributed by atoms with Crippen molar-refractivity contribution >= 4 is 5.91 Å². The van der Waals surface area contributed by atoms with Crippen molar-refractivity contribution < 1.29 is 14.6 Å². The molecule has 2 aliphatic rings. The molecular formula is C20H35N5O3. The van der Waals surface area contributed by atoms with Gasteiger partial charge in [-0.05, 0) is 39.2 Å². The molecule has 28 heavy (non-hydrogen) atoms. The summed E-state index contributed by atoms with van der Waals surface area (Å²) in [7, 11) is 2.15. The van der Waals surface area contributed by atoms with E-state index in [0.29, 0.717) is 32.5 Å². The van der Waals surface area contributed by atoms with E-state index in [-0.39, 0.29) is 30.6 Å². The molecular weight excluding hydrogens is 358 g/mol. The standard InChI is InChI=1S/C20H35N5O3/c1-15-10-24(16(2)13-26)20(27)5-4-8-25-18(9-21-22-25)14-28-19(15)12-23(3)11-17-6-7-17/h9,15-17,19,26H,4-8,10-14H2,1-3H3/t15-,16-,19+/m0/s1. The van der Waals surface area contributed by atoms with Gasteiger partial charge in [-0.25, -0.2) is 4.68 Å². The molecule has 158 valence electrons. The number of fused-ring (bicyclic) bond motifs is 1. The van der Waals surface area contributed by atoms with Gasteiger partial charge in [0, 0.05) is 38.5 Å². The maximum Gasteiger partial charge on any atom is 0.222 e. The summed E-state index contributed by atoms with van der Waals surface area (Å²) in [5, 5.41) is 17.8. The Balaban J connectivity index is 1.75. The molecule has 1 N–H and O–H groups in total. The Morgan fingerprint density at radius 3 is 2.89 bits per heavy atom.